The van der Waals surface area contributed by atoms with Crippen LogP contribution in [-0.4, -0.2) is 30.8 Å². The third kappa shape index (κ3) is 3.94. The van der Waals surface area contributed by atoms with Crippen molar-refractivity contribution < 1.29 is 19.1 Å². The molecule has 2 aromatic rings. The highest BCUT2D eigenvalue weighted by atomic mass is 16.5. The molecule has 25 heavy (non-hydrogen) atoms. The first-order valence-corrected chi connectivity index (χ1v) is 8.16. The highest BCUT2D eigenvalue weighted by molar-refractivity contribution is 6.01. The lowest BCUT2D eigenvalue weighted by atomic mass is 10.1. The zero-order chi connectivity index (χ0) is 17.8. The summed E-state index contributed by atoms with van der Waals surface area (Å²) < 4.78 is 5.13. The number of carbonyl (C=O) groups is 3. The van der Waals surface area contributed by atoms with Crippen molar-refractivity contribution in [2.75, 3.05) is 18.1 Å². The van der Waals surface area contributed by atoms with Crippen molar-refractivity contribution in [1.82, 2.24) is 0 Å². The summed E-state index contributed by atoms with van der Waals surface area (Å²) >= 11 is 0. The first kappa shape index (κ1) is 16.9. The van der Waals surface area contributed by atoms with Crippen molar-refractivity contribution in [2.45, 2.75) is 13.3 Å². The molecule has 0 bridgehead atoms. The topological polar surface area (TPSA) is 63.7 Å². The smallest absolute Gasteiger partial charge is 0.311 e. The van der Waals surface area contributed by atoms with Crippen molar-refractivity contribution in [2.24, 2.45) is 5.92 Å². The molecule has 5 nitrogen and oxygen atoms in total. The Morgan fingerprint density at radius 3 is 2.60 bits per heavy atom. The molecular weight excluding hydrogens is 318 g/mol. The van der Waals surface area contributed by atoms with Gasteiger partial charge in [-0.05, 0) is 24.6 Å². The normalized spacial score (nSPS) is 16.8. The SMILES string of the molecule is Cc1cccc(N2C[C@H](C(=O)OCC(=O)c3ccccc3)CC2=O)c1. The van der Waals surface area contributed by atoms with Crippen molar-refractivity contribution in [1.29, 1.82) is 0 Å². The van der Waals surface area contributed by atoms with Gasteiger partial charge in [0.25, 0.3) is 0 Å². The van der Waals surface area contributed by atoms with Crippen molar-refractivity contribution >= 4 is 23.3 Å². The minimum Gasteiger partial charge on any atom is -0.457 e. The molecule has 0 aliphatic carbocycles. The van der Waals surface area contributed by atoms with E-state index in [4.69, 9.17) is 4.74 Å². The van der Waals surface area contributed by atoms with Crippen LogP contribution in [0, 0.1) is 12.8 Å². The van der Waals surface area contributed by atoms with Crippen LogP contribution in [0.15, 0.2) is 54.6 Å². The number of hydrogen-bond acceptors (Lipinski definition) is 4. The second kappa shape index (κ2) is 7.30. The van der Waals surface area contributed by atoms with Gasteiger partial charge in [0, 0.05) is 24.2 Å². The van der Waals surface area contributed by atoms with Gasteiger partial charge >= 0.3 is 5.97 Å². The average Bonchev–Trinajstić information content (AvgIpc) is 3.02. The summed E-state index contributed by atoms with van der Waals surface area (Å²) in [5, 5.41) is 0. The van der Waals surface area contributed by atoms with E-state index in [0.29, 0.717) is 5.56 Å². The van der Waals surface area contributed by atoms with Crippen LogP contribution in [0.4, 0.5) is 5.69 Å². The zero-order valence-electron chi connectivity index (χ0n) is 14.0. The summed E-state index contributed by atoms with van der Waals surface area (Å²) in [5.41, 5.74) is 2.32. The summed E-state index contributed by atoms with van der Waals surface area (Å²) in [7, 11) is 0. The summed E-state index contributed by atoms with van der Waals surface area (Å²) in [6.45, 7) is 1.92. The van der Waals surface area contributed by atoms with Crippen LogP contribution in [0.2, 0.25) is 0 Å². The Hall–Kier alpha value is -2.95. The fraction of sp³-hybridized carbons (Fsp3) is 0.250. The number of ether oxygens (including phenoxy) is 1. The van der Waals surface area contributed by atoms with Crippen LogP contribution in [0.25, 0.3) is 0 Å². The molecular formula is C20H19NO4. The standard InChI is InChI=1S/C20H19NO4/c1-14-6-5-9-17(10-14)21-12-16(11-19(21)23)20(24)25-13-18(22)15-7-3-2-4-8-15/h2-10,16H,11-13H2,1H3/t16-/m1/s1. The number of rotatable bonds is 5. The van der Waals surface area contributed by atoms with Gasteiger partial charge in [0.1, 0.15) is 0 Å². The molecule has 0 saturated carbocycles. The quantitative estimate of drug-likeness (QED) is 0.622. The van der Waals surface area contributed by atoms with Crippen LogP contribution in [0.1, 0.15) is 22.3 Å². The summed E-state index contributed by atoms with van der Waals surface area (Å²) in [6, 6.07) is 16.3. The minimum absolute atomic E-state index is 0.103. The van der Waals surface area contributed by atoms with Gasteiger partial charge in [-0.1, -0.05) is 42.5 Å². The van der Waals surface area contributed by atoms with E-state index in [1.807, 2.05) is 37.3 Å². The zero-order valence-corrected chi connectivity index (χ0v) is 14.0. The maximum atomic E-state index is 12.2. The Balaban J connectivity index is 1.58. The monoisotopic (exact) mass is 337 g/mol. The summed E-state index contributed by atoms with van der Waals surface area (Å²) in [4.78, 5) is 38.0. The number of benzene rings is 2. The number of aryl methyl sites for hydroxylation is 1. The fourth-order valence-corrected chi connectivity index (χ4v) is 2.87. The van der Waals surface area contributed by atoms with Crippen molar-refractivity contribution in [3.63, 3.8) is 0 Å². The predicted molar refractivity (Wildman–Crippen MR) is 93.4 cm³/mol. The number of anilines is 1. The highest BCUT2D eigenvalue weighted by Crippen LogP contribution is 2.26. The molecule has 2 aromatic carbocycles. The second-order valence-corrected chi connectivity index (χ2v) is 6.14. The number of ketones is 1. The third-order valence-electron chi connectivity index (χ3n) is 4.21. The Kier molecular flexibility index (Phi) is 4.93. The molecule has 0 unspecified atom stereocenters. The Labute approximate surface area is 146 Å². The van der Waals surface area contributed by atoms with Crippen LogP contribution in [-0.2, 0) is 14.3 Å². The molecule has 1 fully saturated rings. The van der Waals surface area contributed by atoms with E-state index in [9.17, 15) is 14.4 Å². The summed E-state index contributed by atoms with van der Waals surface area (Å²) in [5.74, 6) is -1.42. The maximum Gasteiger partial charge on any atom is 0.311 e. The van der Waals surface area contributed by atoms with Gasteiger partial charge in [-0.2, -0.15) is 0 Å². The summed E-state index contributed by atoms with van der Waals surface area (Å²) in [6.07, 6.45) is 0.103. The lowest BCUT2D eigenvalue weighted by Crippen LogP contribution is -2.27. The number of hydrogen-bond donors (Lipinski definition) is 0. The Morgan fingerprint density at radius 2 is 1.88 bits per heavy atom. The lowest BCUT2D eigenvalue weighted by molar-refractivity contribution is -0.147. The van der Waals surface area contributed by atoms with Gasteiger partial charge < -0.3 is 9.64 Å². The molecule has 5 heteroatoms. The van der Waals surface area contributed by atoms with Crippen LogP contribution in [0.5, 0.6) is 0 Å². The number of carbonyl (C=O) groups excluding carboxylic acids is 3. The van der Waals surface area contributed by atoms with Gasteiger partial charge in [0.05, 0.1) is 5.92 Å². The Morgan fingerprint density at radius 1 is 1.12 bits per heavy atom. The molecule has 3 rings (SSSR count). The predicted octanol–water partition coefficient (Wildman–Crippen LogP) is 2.77. The number of nitrogens with zero attached hydrogens (tertiary/aromatic N) is 1. The third-order valence-corrected chi connectivity index (χ3v) is 4.21. The van der Waals surface area contributed by atoms with Gasteiger partial charge in [-0.15, -0.1) is 0 Å². The molecule has 1 atom stereocenters. The van der Waals surface area contributed by atoms with E-state index in [1.165, 1.54) is 0 Å². The van der Waals surface area contributed by atoms with E-state index in [0.717, 1.165) is 11.3 Å². The molecule has 1 aliphatic heterocycles. The van der Waals surface area contributed by atoms with Crippen molar-refractivity contribution in [3.8, 4) is 0 Å². The van der Waals surface area contributed by atoms with Gasteiger partial charge in [-0.3, -0.25) is 14.4 Å². The van der Waals surface area contributed by atoms with E-state index in [2.05, 4.69) is 0 Å². The molecule has 128 valence electrons. The van der Waals surface area contributed by atoms with E-state index in [1.54, 1.807) is 29.2 Å². The average molecular weight is 337 g/mol. The van der Waals surface area contributed by atoms with Crippen LogP contribution >= 0.6 is 0 Å². The first-order valence-electron chi connectivity index (χ1n) is 8.16. The van der Waals surface area contributed by atoms with E-state index < -0.39 is 11.9 Å². The lowest BCUT2D eigenvalue weighted by Gasteiger charge is -2.17. The molecule has 1 aliphatic rings. The number of Topliss-reactive ketones (excluding diaryl/α,β-unsaturated/α-hetero) is 1. The number of esters is 1. The molecule has 0 aromatic heterocycles. The molecule has 1 amide bonds. The van der Waals surface area contributed by atoms with Gasteiger partial charge in [-0.25, -0.2) is 0 Å². The maximum absolute atomic E-state index is 12.2. The van der Waals surface area contributed by atoms with Gasteiger partial charge in [0.2, 0.25) is 5.91 Å². The van der Waals surface area contributed by atoms with Crippen LogP contribution in [0.3, 0.4) is 0 Å². The van der Waals surface area contributed by atoms with Gasteiger partial charge in [0.15, 0.2) is 12.4 Å². The molecule has 0 radical (unpaired) electrons. The highest BCUT2D eigenvalue weighted by Gasteiger charge is 2.36. The molecule has 0 spiro atoms. The van der Waals surface area contributed by atoms with Crippen molar-refractivity contribution in [3.05, 3.63) is 65.7 Å². The minimum atomic E-state index is -0.545. The number of amides is 1. The molecule has 1 heterocycles. The Bertz CT molecular complexity index is 800. The molecule has 0 N–H and O–H groups in total. The largest absolute Gasteiger partial charge is 0.457 e. The first-order chi connectivity index (χ1) is 12.0. The molecule has 1 saturated heterocycles. The van der Waals surface area contributed by atoms with E-state index in [-0.39, 0.29) is 31.3 Å². The second-order valence-electron chi connectivity index (χ2n) is 6.14. The fourth-order valence-electron chi connectivity index (χ4n) is 2.87. The van der Waals surface area contributed by atoms with Crippen LogP contribution < -0.4 is 4.90 Å². The van der Waals surface area contributed by atoms with E-state index >= 15 is 0 Å².